The van der Waals surface area contributed by atoms with Crippen LogP contribution in [0.15, 0.2) is 12.1 Å². The van der Waals surface area contributed by atoms with E-state index in [4.69, 9.17) is 9.47 Å². The van der Waals surface area contributed by atoms with Crippen LogP contribution in [0.2, 0.25) is 0 Å². The second kappa shape index (κ2) is 8.66. The zero-order valence-electron chi connectivity index (χ0n) is 14.7. The lowest BCUT2D eigenvalue weighted by atomic mass is 10.0. The molecule has 0 saturated heterocycles. The molecular weight excluding hydrogens is 278 g/mol. The van der Waals surface area contributed by atoms with Gasteiger partial charge in [0, 0.05) is 17.2 Å². The Morgan fingerprint density at radius 2 is 1.64 bits per heavy atom. The second-order valence-electron chi connectivity index (χ2n) is 6.21. The van der Waals surface area contributed by atoms with Crippen LogP contribution in [-0.4, -0.2) is 26.2 Å². The Morgan fingerprint density at radius 1 is 1.09 bits per heavy atom. The van der Waals surface area contributed by atoms with Crippen molar-refractivity contribution in [2.45, 2.75) is 53.0 Å². The molecule has 1 aromatic rings. The lowest BCUT2D eigenvalue weighted by Crippen LogP contribution is -2.32. The molecule has 0 aliphatic heterocycles. The van der Waals surface area contributed by atoms with Gasteiger partial charge < -0.3 is 14.8 Å². The Hall–Kier alpha value is -1.71. The monoisotopic (exact) mass is 307 g/mol. The average Bonchev–Trinajstić information content (AvgIpc) is 2.46. The van der Waals surface area contributed by atoms with E-state index in [1.807, 2.05) is 13.8 Å². The Morgan fingerprint density at radius 3 is 2.09 bits per heavy atom. The largest absolute Gasteiger partial charge is 0.496 e. The highest BCUT2D eigenvalue weighted by Gasteiger charge is 2.15. The summed E-state index contributed by atoms with van der Waals surface area (Å²) in [5.41, 5.74) is 1.46. The summed E-state index contributed by atoms with van der Waals surface area (Å²) in [5.74, 6) is 1.94. The van der Waals surface area contributed by atoms with Crippen molar-refractivity contribution in [1.82, 2.24) is 5.32 Å². The number of carbonyl (C=O) groups excluding carboxylic acids is 1. The van der Waals surface area contributed by atoms with E-state index < -0.39 is 0 Å². The number of hydrogen-bond donors (Lipinski definition) is 1. The highest BCUT2D eigenvalue weighted by Crippen LogP contribution is 2.29. The molecule has 1 aromatic carbocycles. The van der Waals surface area contributed by atoms with Gasteiger partial charge in [0.2, 0.25) is 0 Å². The van der Waals surface area contributed by atoms with Crippen LogP contribution in [0, 0.1) is 12.8 Å². The van der Waals surface area contributed by atoms with Gasteiger partial charge in [-0.1, -0.05) is 26.7 Å². The topological polar surface area (TPSA) is 47.6 Å². The predicted molar refractivity (Wildman–Crippen MR) is 89.9 cm³/mol. The summed E-state index contributed by atoms with van der Waals surface area (Å²) in [5, 5.41) is 3.04. The first-order valence-corrected chi connectivity index (χ1v) is 7.92. The van der Waals surface area contributed by atoms with Crippen LogP contribution >= 0.6 is 0 Å². The minimum absolute atomic E-state index is 0.0892. The molecule has 0 radical (unpaired) electrons. The standard InChI is InChI=1S/C18H29NO3/c1-12(2)8-7-9-13(3)19-18(20)15-10-16(21-5)14(4)17(11-15)22-6/h10-13H,7-9H2,1-6H3,(H,19,20)/t13-/m0/s1. The van der Waals surface area contributed by atoms with Gasteiger partial charge in [-0.3, -0.25) is 4.79 Å². The van der Waals surface area contributed by atoms with E-state index in [2.05, 4.69) is 19.2 Å². The van der Waals surface area contributed by atoms with Crippen molar-refractivity contribution in [3.8, 4) is 11.5 Å². The van der Waals surface area contributed by atoms with E-state index in [0.29, 0.717) is 23.0 Å². The van der Waals surface area contributed by atoms with Gasteiger partial charge in [0.05, 0.1) is 14.2 Å². The van der Waals surface area contributed by atoms with Crippen LogP contribution < -0.4 is 14.8 Å². The van der Waals surface area contributed by atoms with Gasteiger partial charge in [0.1, 0.15) is 11.5 Å². The maximum atomic E-state index is 12.4. The van der Waals surface area contributed by atoms with Crippen LogP contribution in [0.3, 0.4) is 0 Å². The highest BCUT2D eigenvalue weighted by molar-refractivity contribution is 5.95. The van der Waals surface area contributed by atoms with Crippen LogP contribution in [0.25, 0.3) is 0 Å². The average molecular weight is 307 g/mol. The highest BCUT2D eigenvalue weighted by atomic mass is 16.5. The quantitative estimate of drug-likeness (QED) is 0.791. The minimum atomic E-state index is -0.0892. The van der Waals surface area contributed by atoms with E-state index in [0.717, 1.165) is 18.4 Å². The minimum Gasteiger partial charge on any atom is -0.496 e. The van der Waals surface area contributed by atoms with Gasteiger partial charge >= 0.3 is 0 Å². The van der Waals surface area contributed by atoms with Crippen molar-refractivity contribution < 1.29 is 14.3 Å². The number of methoxy groups -OCH3 is 2. The lowest BCUT2D eigenvalue weighted by molar-refractivity contribution is 0.0937. The SMILES string of the molecule is COc1cc(C(=O)N[C@@H](C)CCCC(C)C)cc(OC)c1C. The van der Waals surface area contributed by atoms with Crippen molar-refractivity contribution in [2.24, 2.45) is 5.92 Å². The van der Waals surface area contributed by atoms with Crippen LogP contribution in [-0.2, 0) is 0 Å². The summed E-state index contributed by atoms with van der Waals surface area (Å²) >= 11 is 0. The molecule has 1 N–H and O–H groups in total. The number of carbonyl (C=O) groups is 1. The number of nitrogens with one attached hydrogen (secondary N) is 1. The van der Waals surface area contributed by atoms with E-state index in [1.165, 1.54) is 6.42 Å². The van der Waals surface area contributed by atoms with Crippen molar-refractivity contribution >= 4 is 5.91 Å². The molecule has 0 aliphatic rings. The Kier molecular flexibility index (Phi) is 7.22. The third kappa shape index (κ3) is 5.24. The molecule has 0 aliphatic carbocycles. The lowest BCUT2D eigenvalue weighted by Gasteiger charge is -2.16. The summed E-state index contributed by atoms with van der Waals surface area (Å²) in [7, 11) is 3.19. The van der Waals surface area contributed by atoms with Gasteiger partial charge in [-0.15, -0.1) is 0 Å². The van der Waals surface area contributed by atoms with E-state index >= 15 is 0 Å². The maximum absolute atomic E-state index is 12.4. The van der Waals surface area contributed by atoms with Crippen molar-refractivity contribution in [3.63, 3.8) is 0 Å². The summed E-state index contributed by atoms with van der Waals surface area (Å²) in [4.78, 5) is 12.4. The zero-order chi connectivity index (χ0) is 16.7. The van der Waals surface area contributed by atoms with Gasteiger partial charge in [-0.2, -0.15) is 0 Å². The molecule has 4 nitrogen and oxygen atoms in total. The summed E-state index contributed by atoms with van der Waals surface area (Å²) < 4.78 is 10.6. The summed E-state index contributed by atoms with van der Waals surface area (Å²) in [6, 6.07) is 3.67. The van der Waals surface area contributed by atoms with Crippen molar-refractivity contribution in [3.05, 3.63) is 23.3 Å². The molecule has 0 aromatic heterocycles. The smallest absolute Gasteiger partial charge is 0.251 e. The molecule has 0 unspecified atom stereocenters. The molecule has 0 saturated carbocycles. The van der Waals surface area contributed by atoms with Crippen molar-refractivity contribution in [2.75, 3.05) is 14.2 Å². The number of ether oxygens (including phenoxy) is 2. The first kappa shape index (κ1) is 18.3. The van der Waals surface area contributed by atoms with E-state index in [9.17, 15) is 4.79 Å². The van der Waals surface area contributed by atoms with Crippen LogP contribution in [0.4, 0.5) is 0 Å². The normalized spacial score (nSPS) is 12.1. The molecular formula is C18H29NO3. The number of benzene rings is 1. The fourth-order valence-corrected chi connectivity index (χ4v) is 2.43. The second-order valence-corrected chi connectivity index (χ2v) is 6.21. The molecule has 0 fully saturated rings. The number of amides is 1. The predicted octanol–water partition coefficient (Wildman–Crippen LogP) is 3.96. The van der Waals surface area contributed by atoms with Crippen LogP contribution in [0.5, 0.6) is 11.5 Å². The number of rotatable bonds is 8. The molecule has 1 atom stereocenters. The Bertz CT molecular complexity index is 472. The Labute approximate surface area is 134 Å². The molecule has 1 rings (SSSR count). The van der Waals surface area contributed by atoms with E-state index in [1.54, 1.807) is 26.4 Å². The summed E-state index contributed by atoms with van der Waals surface area (Å²) in [6.45, 7) is 8.39. The molecule has 0 heterocycles. The van der Waals surface area contributed by atoms with E-state index in [-0.39, 0.29) is 11.9 Å². The molecule has 124 valence electrons. The van der Waals surface area contributed by atoms with Gasteiger partial charge in [0.25, 0.3) is 5.91 Å². The molecule has 0 bridgehead atoms. The van der Waals surface area contributed by atoms with Crippen LogP contribution in [0.1, 0.15) is 56.0 Å². The van der Waals surface area contributed by atoms with Gasteiger partial charge in [0.15, 0.2) is 0 Å². The molecule has 0 spiro atoms. The molecule has 4 heteroatoms. The third-order valence-electron chi connectivity index (χ3n) is 3.81. The van der Waals surface area contributed by atoms with Gasteiger partial charge in [-0.25, -0.2) is 0 Å². The summed E-state index contributed by atoms with van der Waals surface area (Å²) in [6.07, 6.45) is 3.30. The number of hydrogen-bond acceptors (Lipinski definition) is 3. The molecule has 22 heavy (non-hydrogen) atoms. The van der Waals surface area contributed by atoms with Crippen molar-refractivity contribution in [1.29, 1.82) is 0 Å². The fourth-order valence-electron chi connectivity index (χ4n) is 2.43. The maximum Gasteiger partial charge on any atom is 0.251 e. The Balaban J connectivity index is 2.72. The van der Waals surface area contributed by atoms with Gasteiger partial charge in [-0.05, 0) is 38.3 Å². The first-order valence-electron chi connectivity index (χ1n) is 7.92. The zero-order valence-corrected chi connectivity index (χ0v) is 14.7. The fraction of sp³-hybridized carbons (Fsp3) is 0.611. The first-order chi connectivity index (χ1) is 10.4. The third-order valence-corrected chi connectivity index (χ3v) is 3.81. The molecule has 1 amide bonds.